The quantitative estimate of drug-likeness (QED) is 0.0261. The number of allylic oxidation sites excluding steroid dienone is 20. The van der Waals surface area contributed by atoms with E-state index >= 15 is 0 Å². The number of hydrogen-bond acceptors (Lipinski definition) is 6. The topological polar surface area (TPSA) is 78.9 Å². The molecule has 0 aromatic heterocycles. The molecule has 0 saturated heterocycles. The molecule has 444 valence electrons. The van der Waals surface area contributed by atoms with Gasteiger partial charge >= 0.3 is 17.9 Å². The second kappa shape index (κ2) is 65.3. The molecule has 6 heteroatoms. The molecule has 0 aliphatic carbocycles. The van der Waals surface area contributed by atoms with Crippen molar-refractivity contribution in [1.29, 1.82) is 0 Å². The van der Waals surface area contributed by atoms with E-state index in [2.05, 4.69) is 142 Å². The summed E-state index contributed by atoms with van der Waals surface area (Å²) >= 11 is 0. The van der Waals surface area contributed by atoms with Crippen LogP contribution >= 0.6 is 0 Å². The van der Waals surface area contributed by atoms with Crippen molar-refractivity contribution < 1.29 is 28.6 Å². The van der Waals surface area contributed by atoms with Crippen molar-refractivity contribution in [3.05, 3.63) is 122 Å². The fourth-order valence-electron chi connectivity index (χ4n) is 8.91. The Morgan fingerprint density at radius 1 is 0.269 bits per heavy atom. The summed E-state index contributed by atoms with van der Waals surface area (Å²) in [6.07, 6.45) is 91.0. The summed E-state index contributed by atoms with van der Waals surface area (Å²) in [7, 11) is 0. The zero-order valence-corrected chi connectivity index (χ0v) is 50.9. The molecule has 0 aromatic rings. The molecule has 0 amide bonds. The van der Waals surface area contributed by atoms with E-state index in [1.807, 2.05) is 0 Å². The van der Waals surface area contributed by atoms with Gasteiger partial charge in [0.15, 0.2) is 6.10 Å². The van der Waals surface area contributed by atoms with Crippen molar-refractivity contribution >= 4 is 17.9 Å². The summed E-state index contributed by atoms with van der Waals surface area (Å²) < 4.78 is 16.8. The minimum atomic E-state index is -0.781. The minimum absolute atomic E-state index is 0.0811. The molecule has 0 saturated carbocycles. The van der Waals surface area contributed by atoms with Gasteiger partial charge in [0.2, 0.25) is 0 Å². The molecule has 0 aliphatic rings. The zero-order chi connectivity index (χ0) is 56.4. The van der Waals surface area contributed by atoms with Crippen molar-refractivity contribution in [2.45, 2.75) is 303 Å². The van der Waals surface area contributed by atoms with E-state index in [4.69, 9.17) is 14.2 Å². The van der Waals surface area contributed by atoms with Crippen LogP contribution in [0.15, 0.2) is 122 Å². The molecule has 0 spiro atoms. The lowest BCUT2D eigenvalue weighted by Gasteiger charge is -2.18. The van der Waals surface area contributed by atoms with E-state index in [1.165, 1.54) is 128 Å². The first-order valence-corrected chi connectivity index (χ1v) is 32.5. The number of hydrogen-bond donors (Lipinski definition) is 0. The molecular formula is C72H120O6. The van der Waals surface area contributed by atoms with E-state index in [-0.39, 0.29) is 31.1 Å². The summed E-state index contributed by atoms with van der Waals surface area (Å²) in [6.45, 7) is 6.36. The zero-order valence-electron chi connectivity index (χ0n) is 50.9. The van der Waals surface area contributed by atoms with Gasteiger partial charge in [-0.25, -0.2) is 0 Å². The molecule has 0 aromatic carbocycles. The SMILES string of the molecule is CC/C=C\C/C=C\C/C=C\C/C=C\C/C=C\C/C=C\CCCCCCCCCCCCCCCCC(=O)OCC(COC(=O)CCCCCCCC)OC(=O)CCCCCCCCCC/C=C\C/C=C\C/C=C\C/C=C\CC. The highest BCUT2D eigenvalue weighted by molar-refractivity contribution is 5.71. The molecule has 6 nitrogen and oxygen atoms in total. The van der Waals surface area contributed by atoms with Gasteiger partial charge in [-0.05, 0) is 109 Å². The molecule has 1 atom stereocenters. The third-order valence-electron chi connectivity index (χ3n) is 13.7. The molecule has 0 rings (SSSR count). The second-order valence-corrected chi connectivity index (χ2v) is 21.3. The smallest absolute Gasteiger partial charge is 0.306 e. The first-order chi connectivity index (χ1) is 38.5. The molecule has 1 unspecified atom stereocenters. The van der Waals surface area contributed by atoms with Gasteiger partial charge in [0, 0.05) is 19.3 Å². The lowest BCUT2D eigenvalue weighted by molar-refractivity contribution is -0.167. The molecular weight excluding hydrogens is 961 g/mol. The van der Waals surface area contributed by atoms with E-state index in [0.717, 1.165) is 128 Å². The van der Waals surface area contributed by atoms with Crippen LogP contribution in [-0.4, -0.2) is 37.2 Å². The van der Waals surface area contributed by atoms with Gasteiger partial charge in [-0.15, -0.1) is 0 Å². The highest BCUT2D eigenvalue weighted by Crippen LogP contribution is 2.16. The van der Waals surface area contributed by atoms with Crippen molar-refractivity contribution in [3.63, 3.8) is 0 Å². The number of unbranched alkanes of at least 4 members (excludes halogenated alkanes) is 27. The molecule has 0 bridgehead atoms. The molecule has 0 heterocycles. The number of ether oxygens (including phenoxy) is 3. The maximum atomic E-state index is 12.8. The summed E-state index contributed by atoms with van der Waals surface area (Å²) in [5.74, 6) is -0.894. The van der Waals surface area contributed by atoms with Gasteiger partial charge in [-0.1, -0.05) is 290 Å². The van der Waals surface area contributed by atoms with Crippen LogP contribution in [0.25, 0.3) is 0 Å². The molecule has 0 fully saturated rings. The van der Waals surface area contributed by atoms with E-state index in [9.17, 15) is 14.4 Å². The highest BCUT2D eigenvalue weighted by atomic mass is 16.6. The maximum Gasteiger partial charge on any atom is 0.306 e. The van der Waals surface area contributed by atoms with E-state index < -0.39 is 6.10 Å². The van der Waals surface area contributed by atoms with Crippen LogP contribution in [0.1, 0.15) is 297 Å². The number of carbonyl (C=O) groups excluding carboxylic acids is 3. The van der Waals surface area contributed by atoms with Crippen molar-refractivity contribution in [2.24, 2.45) is 0 Å². The van der Waals surface area contributed by atoms with Gasteiger partial charge in [0.25, 0.3) is 0 Å². The van der Waals surface area contributed by atoms with Crippen molar-refractivity contribution in [2.75, 3.05) is 13.2 Å². The van der Waals surface area contributed by atoms with Gasteiger partial charge in [-0.3, -0.25) is 14.4 Å². The Balaban J connectivity index is 4.06. The number of esters is 3. The van der Waals surface area contributed by atoms with Crippen LogP contribution in [-0.2, 0) is 28.6 Å². The lowest BCUT2D eigenvalue weighted by Crippen LogP contribution is -2.30. The monoisotopic (exact) mass is 1080 g/mol. The number of rotatable bonds is 58. The standard InChI is InChI=1S/C72H120O6/c1-4-7-10-13-16-18-20-22-24-26-28-30-31-32-33-34-35-36-37-38-39-40-41-43-44-46-48-50-52-54-56-59-62-65-71(74)77-68-69(67-76-70(73)64-61-58-15-12-9-6-3)78-72(75)66-63-60-57-55-53-51-49-47-45-42-29-27-25-23-21-19-17-14-11-8-5-2/h7-8,10-11,16-19,22-25,28-30,32-33,35-36,42,69H,4-6,9,12-15,20-21,26-27,31,34,37-41,43-68H2,1-3H3/b10-7-,11-8-,18-16-,19-17-,24-22-,25-23-,30-28-,33-32-,36-35-,42-29-. The summed E-state index contributed by atoms with van der Waals surface area (Å²) in [5.41, 5.74) is 0. The highest BCUT2D eigenvalue weighted by Gasteiger charge is 2.19. The van der Waals surface area contributed by atoms with Gasteiger partial charge in [0.05, 0.1) is 0 Å². The summed E-state index contributed by atoms with van der Waals surface area (Å²) in [4.78, 5) is 38.0. The van der Waals surface area contributed by atoms with Gasteiger partial charge in [-0.2, -0.15) is 0 Å². The first kappa shape index (κ1) is 73.8. The fourth-order valence-corrected chi connectivity index (χ4v) is 8.91. The van der Waals surface area contributed by atoms with Gasteiger partial charge in [0.1, 0.15) is 13.2 Å². The Morgan fingerprint density at radius 2 is 0.500 bits per heavy atom. The van der Waals surface area contributed by atoms with Crippen LogP contribution < -0.4 is 0 Å². The fraction of sp³-hybridized carbons (Fsp3) is 0.681. The largest absolute Gasteiger partial charge is 0.462 e. The first-order valence-electron chi connectivity index (χ1n) is 32.5. The Labute approximate surface area is 482 Å². The second-order valence-electron chi connectivity index (χ2n) is 21.3. The van der Waals surface area contributed by atoms with Crippen LogP contribution in [0, 0.1) is 0 Å². The van der Waals surface area contributed by atoms with Crippen molar-refractivity contribution in [1.82, 2.24) is 0 Å². The van der Waals surface area contributed by atoms with Crippen LogP contribution in [0.3, 0.4) is 0 Å². The Hall–Kier alpha value is -4.19. The van der Waals surface area contributed by atoms with Crippen molar-refractivity contribution in [3.8, 4) is 0 Å². The predicted octanol–water partition coefficient (Wildman–Crippen LogP) is 22.4. The van der Waals surface area contributed by atoms with Crippen LogP contribution in [0.4, 0.5) is 0 Å². The Bertz CT molecular complexity index is 1620. The minimum Gasteiger partial charge on any atom is -0.462 e. The lowest BCUT2D eigenvalue weighted by atomic mass is 10.0. The molecule has 0 N–H and O–H groups in total. The normalized spacial score (nSPS) is 12.9. The third kappa shape index (κ3) is 62.7. The van der Waals surface area contributed by atoms with Gasteiger partial charge < -0.3 is 14.2 Å². The van der Waals surface area contributed by atoms with Crippen LogP contribution in [0.2, 0.25) is 0 Å². The molecule has 78 heavy (non-hydrogen) atoms. The summed E-state index contributed by atoms with van der Waals surface area (Å²) in [5, 5.41) is 0. The molecule has 0 aliphatic heterocycles. The Kier molecular flexibility index (Phi) is 61.8. The number of carbonyl (C=O) groups is 3. The average Bonchev–Trinajstić information content (AvgIpc) is 3.44. The summed E-state index contributed by atoms with van der Waals surface area (Å²) in [6, 6.07) is 0. The maximum absolute atomic E-state index is 12.8. The van der Waals surface area contributed by atoms with E-state index in [1.54, 1.807) is 0 Å². The van der Waals surface area contributed by atoms with E-state index in [0.29, 0.717) is 19.3 Å². The average molecular weight is 1080 g/mol. The van der Waals surface area contributed by atoms with Crippen LogP contribution in [0.5, 0.6) is 0 Å². The Morgan fingerprint density at radius 3 is 0.782 bits per heavy atom. The third-order valence-corrected chi connectivity index (χ3v) is 13.7. The molecule has 0 radical (unpaired) electrons. The predicted molar refractivity (Wildman–Crippen MR) is 339 cm³/mol.